The first-order valence-electron chi connectivity index (χ1n) is 49.3. The Morgan fingerprint density at radius 2 is 0.320 bits per heavy atom. The molecule has 0 bridgehead atoms. The summed E-state index contributed by atoms with van der Waals surface area (Å²) in [5, 5.41) is 10.9. The molecule has 0 fully saturated rings. The van der Waals surface area contributed by atoms with E-state index in [2.05, 4.69) is 340 Å². The van der Waals surface area contributed by atoms with E-state index in [-0.39, 0.29) is 0 Å². The van der Waals surface area contributed by atoms with Crippen molar-refractivity contribution in [3.05, 3.63) is 443 Å². The average molecular weight is 1700 g/mol. The summed E-state index contributed by atoms with van der Waals surface area (Å²) in [5.41, 5.74) is 34.6. The third-order valence-electron chi connectivity index (χ3n) is 20.8. The van der Waals surface area contributed by atoms with Gasteiger partial charge in [-0.15, -0.1) is 0 Å². The van der Waals surface area contributed by atoms with Gasteiger partial charge in [-0.2, -0.15) is 0 Å². The van der Waals surface area contributed by atoms with Gasteiger partial charge in [0.15, 0.2) is 0 Å². The minimum absolute atomic E-state index is 1.08. The van der Waals surface area contributed by atoms with E-state index in [4.69, 9.17) is 0 Å². The molecule has 0 unspecified atom stereocenters. The minimum Gasteiger partial charge on any atom is -0.0683 e. The number of rotatable bonds is 0. The van der Waals surface area contributed by atoms with Crippen LogP contribution in [0.5, 0.6) is 0 Å². The van der Waals surface area contributed by atoms with Gasteiger partial charge in [0.25, 0.3) is 0 Å². The summed E-state index contributed by atoms with van der Waals surface area (Å²) in [7, 11) is 0. The van der Waals surface area contributed by atoms with Gasteiger partial charge in [0, 0.05) is 0 Å². The van der Waals surface area contributed by atoms with Crippen molar-refractivity contribution in [1.82, 2.24) is 0 Å². The van der Waals surface area contributed by atoms with Crippen LogP contribution in [0.25, 0.3) is 110 Å². The molecule has 670 valence electrons. The molecule has 17 aromatic rings. The molecular formula is C128H158. The lowest BCUT2D eigenvalue weighted by Gasteiger charge is -2.06. The molecule has 0 saturated carbocycles. The molecule has 0 atom stereocenters. The Labute approximate surface area is 779 Å². The van der Waals surface area contributed by atoms with Gasteiger partial charge in [0.1, 0.15) is 0 Å². The quantitative estimate of drug-likeness (QED) is 0.142. The number of fused-ring (bicyclic) bond motifs is 25. The van der Waals surface area contributed by atoms with Crippen molar-refractivity contribution in [3.8, 4) is 66.8 Å². The fourth-order valence-corrected chi connectivity index (χ4v) is 16.1. The van der Waals surface area contributed by atoms with Crippen molar-refractivity contribution in [1.29, 1.82) is 0 Å². The van der Waals surface area contributed by atoms with E-state index in [0.717, 1.165) is 38.5 Å². The van der Waals surface area contributed by atoms with E-state index in [1.807, 2.05) is 230 Å². The van der Waals surface area contributed by atoms with Crippen LogP contribution in [0.4, 0.5) is 0 Å². The summed E-state index contributed by atoms with van der Waals surface area (Å²) in [5.74, 6) is 0. The first-order chi connectivity index (χ1) is 63.6. The molecule has 0 aromatic heterocycles. The lowest BCUT2D eigenvalue weighted by Crippen LogP contribution is -1.83. The summed E-state index contributed by atoms with van der Waals surface area (Å²) in [6.45, 7) is 56.0. The van der Waals surface area contributed by atoms with Crippen LogP contribution >= 0.6 is 0 Å². The molecule has 0 N–H and O–H groups in total. The molecule has 0 amide bonds. The summed E-state index contributed by atoms with van der Waals surface area (Å²) in [6.07, 6.45) is 6.52. The molecule has 17 aromatic carbocycles. The molecule has 6 aliphatic rings. The fraction of sp³-hybridized carbons (Fsp3) is 0.266. The highest BCUT2D eigenvalue weighted by Crippen LogP contribution is 2.45. The zero-order valence-corrected chi connectivity index (χ0v) is 84.0. The van der Waals surface area contributed by atoms with Crippen LogP contribution in [0, 0.1) is 0 Å². The van der Waals surface area contributed by atoms with E-state index >= 15 is 0 Å². The molecular weight excluding hydrogens is 1540 g/mol. The molecule has 23 rings (SSSR count). The van der Waals surface area contributed by atoms with Gasteiger partial charge in [-0.3, -0.25) is 0 Å². The molecule has 128 heavy (non-hydrogen) atoms. The average Bonchev–Trinajstić information content (AvgIpc) is 1.62. The number of hydrogen-bond donors (Lipinski definition) is 0. The van der Waals surface area contributed by atoms with E-state index in [9.17, 15) is 0 Å². The predicted molar refractivity (Wildman–Crippen MR) is 583 cm³/mol. The van der Waals surface area contributed by atoms with Crippen LogP contribution in [0.15, 0.2) is 376 Å². The lowest BCUT2D eigenvalue weighted by atomic mass is 9.98. The van der Waals surface area contributed by atoms with E-state index in [0.29, 0.717) is 0 Å². The Kier molecular flexibility index (Phi) is 55.4. The normalized spacial score (nSPS) is 10.2. The molecule has 0 nitrogen and oxygen atoms in total. The molecule has 0 saturated heterocycles. The summed E-state index contributed by atoms with van der Waals surface area (Å²) in [4.78, 5) is 0. The summed E-state index contributed by atoms with van der Waals surface area (Å²) in [6, 6.07) is 134. The van der Waals surface area contributed by atoms with Gasteiger partial charge >= 0.3 is 0 Å². The first kappa shape index (κ1) is 110. The zero-order valence-electron chi connectivity index (χ0n) is 84.0. The van der Waals surface area contributed by atoms with E-state index in [1.165, 1.54) is 177 Å². The second-order valence-corrected chi connectivity index (χ2v) is 26.8. The smallest absolute Gasteiger partial charge is 0.000729 e. The van der Waals surface area contributed by atoms with Crippen molar-refractivity contribution in [3.63, 3.8) is 0 Å². The van der Waals surface area contributed by atoms with Crippen LogP contribution in [0.3, 0.4) is 0 Å². The molecule has 0 spiro atoms. The summed E-state index contributed by atoms with van der Waals surface area (Å²) >= 11 is 0. The lowest BCUT2D eigenvalue weighted by molar-refractivity contribution is 1.26. The van der Waals surface area contributed by atoms with Crippen LogP contribution in [0.2, 0.25) is 0 Å². The Balaban J connectivity index is 0.000000371. The van der Waals surface area contributed by atoms with Gasteiger partial charge in [-0.25, -0.2) is 0 Å². The van der Waals surface area contributed by atoms with Crippen LogP contribution < -0.4 is 0 Å². The van der Waals surface area contributed by atoms with Crippen molar-refractivity contribution in [2.45, 2.75) is 232 Å². The van der Waals surface area contributed by atoms with Crippen LogP contribution in [-0.2, 0) is 38.5 Å². The maximum Gasteiger partial charge on any atom is -0.000729 e. The van der Waals surface area contributed by atoms with Crippen molar-refractivity contribution >= 4 is 43.1 Å². The van der Waals surface area contributed by atoms with Crippen molar-refractivity contribution in [2.75, 3.05) is 0 Å². The second kappa shape index (κ2) is 64.5. The Morgan fingerprint density at radius 1 is 0.117 bits per heavy atom. The van der Waals surface area contributed by atoms with Crippen LogP contribution in [0.1, 0.15) is 261 Å². The minimum atomic E-state index is 1.08. The molecule has 0 aliphatic heterocycles. The van der Waals surface area contributed by atoms with Crippen LogP contribution in [-0.4, -0.2) is 0 Å². The standard InChI is InChI=1S/4C17H12.2C13H10.C6H6.14C2H6/c2*1-3-7-15-12(5-1)9-10-14-11-13-6-2-4-8-16(13)17(14)15;1-3-7-14-12(5-1)9-10-16-15-8-4-2-6-13(15)11-17(14)16;1-2-6-13-11-17-15(9-12(13)5-1)10-14-7-3-4-8-16(14)17;2*1-3-7-12-10(5-1)9-11-6-2-4-8-13(11)12;1-2-4-6-5-3-1;14*1-2/h3*1-10H,11H2;1-9,11H,10H2;2*1-8H,9H2;1-6H;14*1-2H3. The van der Waals surface area contributed by atoms with Gasteiger partial charge in [0.2, 0.25) is 0 Å². The topological polar surface area (TPSA) is 0 Å². The van der Waals surface area contributed by atoms with Crippen molar-refractivity contribution in [2.24, 2.45) is 0 Å². The Bertz CT molecular complexity index is 5510. The SMILES string of the molecule is CC.CC.CC.CC.CC.CC.CC.CC.CC.CC.CC.CC.CC.CC.c1ccc2c(c1)Cc1c-2ccc2ccccc12.c1ccc2c(c1)Cc1cc3ccccc3cc1-2.c1ccc2c(c1)Cc1ccc3ccccc3c1-2.c1ccc2c(c1)Cc1ccc3ccccc3c1-2.c1ccc2c(c1)Cc1ccccc1-2.c1ccc2c(c1)Cc1ccccc1-2.c1ccccc1. The number of benzene rings is 17. The van der Waals surface area contributed by atoms with Gasteiger partial charge < -0.3 is 0 Å². The molecule has 0 heterocycles. The molecule has 0 radical (unpaired) electrons. The highest BCUT2D eigenvalue weighted by Gasteiger charge is 2.24. The summed E-state index contributed by atoms with van der Waals surface area (Å²) < 4.78 is 0. The van der Waals surface area contributed by atoms with Gasteiger partial charge in [-0.1, -0.05) is 564 Å². The highest BCUT2D eigenvalue weighted by molar-refractivity contribution is 6.03. The van der Waals surface area contributed by atoms with Gasteiger partial charge in [-0.05, 0) is 221 Å². The largest absolute Gasteiger partial charge is 0.0683 e. The van der Waals surface area contributed by atoms with Crippen molar-refractivity contribution < 1.29 is 0 Å². The predicted octanol–water partition coefficient (Wildman–Crippen LogP) is 40.2. The van der Waals surface area contributed by atoms with E-state index < -0.39 is 0 Å². The first-order valence-corrected chi connectivity index (χ1v) is 49.3. The zero-order chi connectivity index (χ0) is 94.6. The second-order valence-electron chi connectivity index (χ2n) is 26.8. The van der Waals surface area contributed by atoms with Gasteiger partial charge in [0.05, 0.1) is 0 Å². The molecule has 6 aliphatic carbocycles. The molecule has 0 heteroatoms. The number of hydrogen-bond acceptors (Lipinski definition) is 0. The highest BCUT2D eigenvalue weighted by atomic mass is 14.3. The van der Waals surface area contributed by atoms with E-state index in [1.54, 1.807) is 0 Å². The fourth-order valence-electron chi connectivity index (χ4n) is 16.1. The Morgan fingerprint density at radius 3 is 0.641 bits per heavy atom. The maximum atomic E-state index is 2.34. The third-order valence-corrected chi connectivity index (χ3v) is 20.8. The monoisotopic (exact) mass is 1700 g/mol. The Hall–Kier alpha value is -12.2. The maximum absolute atomic E-state index is 2.34. The third kappa shape index (κ3) is 28.6.